The standard InChI is InChI=1S/C19H21Cl2FN2O2/c1-13-2-3-17(26-13)11-24-6-4-19(22,5-7-24)12-23-18(25)14-8-15(20)10-16(21)9-14/h2-3,8-10H,4-7,11-12H2,1H3,(H,23,25). The van der Waals surface area contributed by atoms with Gasteiger partial charge in [0.05, 0.1) is 13.1 Å². The van der Waals surface area contributed by atoms with Crippen molar-refractivity contribution in [3.63, 3.8) is 0 Å². The third-order valence-electron chi connectivity index (χ3n) is 4.62. The van der Waals surface area contributed by atoms with Crippen molar-refractivity contribution in [1.82, 2.24) is 10.2 Å². The molecule has 1 aliphatic heterocycles. The molecule has 2 aromatic rings. The van der Waals surface area contributed by atoms with Gasteiger partial charge in [-0.2, -0.15) is 0 Å². The Labute approximate surface area is 162 Å². The second-order valence-electron chi connectivity index (χ2n) is 6.78. The van der Waals surface area contributed by atoms with Gasteiger partial charge in [0.2, 0.25) is 0 Å². The molecule has 0 unspecified atom stereocenters. The Bertz CT molecular complexity index is 765. The second-order valence-corrected chi connectivity index (χ2v) is 7.65. The van der Waals surface area contributed by atoms with E-state index in [0.717, 1.165) is 11.5 Å². The minimum absolute atomic E-state index is 0.0241. The molecule has 0 radical (unpaired) electrons. The van der Waals surface area contributed by atoms with Gasteiger partial charge < -0.3 is 9.73 Å². The zero-order valence-corrected chi connectivity index (χ0v) is 16.0. The highest BCUT2D eigenvalue weighted by Crippen LogP contribution is 2.27. The van der Waals surface area contributed by atoms with E-state index in [0.29, 0.717) is 48.1 Å². The van der Waals surface area contributed by atoms with Gasteiger partial charge in [0.25, 0.3) is 5.91 Å². The van der Waals surface area contributed by atoms with Crippen molar-refractivity contribution in [2.45, 2.75) is 32.0 Å². The molecule has 0 bridgehead atoms. The van der Waals surface area contributed by atoms with Crippen LogP contribution in [0.5, 0.6) is 0 Å². The number of rotatable bonds is 5. The Morgan fingerprint density at radius 2 is 1.88 bits per heavy atom. The van der Waals surface area contributed by atoms with Crippen molar-refractivity contribution in [2.24, 2.45) is 0 Å². The molecule has 1 N–H and O–H groups in total. The lowest BCUT2D eigenvalue weighted by molar-refractivity contribution is 0.0493. The maximum atomic E-state index is 15.0. The smallest absolute Gasteiger partial charge is 0.251 e. The Hall–Kier alpha value is -1.56. The average molecular weight is 399 g/mol. The summed E-state index contributed by atoms with van der Waals surface area (Å²) in [6.07, 6.45) is 0.729. The molecule has 2 heterocycles. The van der Waals surface area contributed by atoms with Crippen LogP contribution in [0.4, 0.5) is 4.39 Å². The van der Waals surface area contributed by atoms with Crippen molar-refractivity contribution >= 4 is 29.1 Å². The number of carbonyl (C=O) groups excluding carboxylic acids is 1. The molecule has 0 spiro atoms. The van der Waals surface area contributed by atoms with Gasteiger partial charge in [-0.05, 0) is 50.1 Å². The molecule has 26 heavy (non-hydrogen) atoms. The zero-order valence-electron chi connectivity index (χ0n) is 14.5. The molecular weight excluding hydrogens is 378 g/mol. The van der Waals surface area contributed by atoms with E-state index in [9.17, 15) is 4.79 Å². The van der Waals surface area contributed by atoms with Crippen LogP contribution in [0.2, 0.25) is 10.0 Å². The number of nitrogens with zero attached hydrogens (tertiary/aromatic N) is 1. The van der Waals surface area contributed by atoms with Crippen molar-refractivity contribution < 1.29 is 13.6 Å². The molecule has 1 amide bonds. The fourth-order valence-electron chi connectivity index (χ4n) is 3.10. The van der Waals surface area contributed by atoms with E-state index in [1.165, 1.54) is 12.1 Å². The number of hydrogen-bond donors (Lipinski definition) is 1. The van der Waals surface area contributed by atoms with Crippen LogP contribution in [0.15, 0.2) is 34.7 Å². The molecule has 1 aliphatic rings. The molecule has 7 heteroatoms. The summed E-state index contributed by atoms with van der Waals surface area (Å²) in [7, 11) is 0. The first-order valence-electron chi connectivity index (χ1n) is 8.54. The molecule has 3 rings (SSSR count). The number of hydrogen-bond acceptors (Lipinski definition) is 3. The topological polar surface area (TPSA) is 45.5 Å². The average Bonchev–Trinajstić information content (AvgIpc) is 2.99. The number of piperidine rings is 1. The predicted molar refractivity (Wildman–Crippen MR) is 101 cm³/mol. The lowest BCUT2D eigenvalue weighted by Gasteiger charge is -2.36. The first kappa shape index (κ1) is 19.2. The Kier molecular flexibility index (Phi) is 5.90. The number of carbonyl (C=O) groups is 1. The largest absolute Gasteiger partial charge is 0.465 e. The second kappa shape index (κ2) is 7.99. The van der Waals surface area contributed by atoms with Crippen molar-refractivity contribution in [3.8, 4) is 0 Å². The van der Waals surface area contributed by atoms with Crippen molar-refractivity contribution in [1.29, 1.82) is 0 Å². The first-order valence-corrected chi connectivity index (χ1v) is 9.29. The Morgan fingerprint density at radius 3 is 2.46 bits per heavy atom. The minimum Gasteiger partial charge on any atom is -0.465 e. The molecule has 4 nitrogen and oxygen atoms in total. The summed E-state index contributed by atoms with van der Waals surface area (Å²) in [4.78, 5) is 14.4. The van der Waals surface area contributed by atoms with Crippen molar-refractivity contribution in [2.75, 3.05) is 19.6 Å². The maximum Gasteiger partial charge on any atom is 0.251 e. The van der Waals surface area contributed by atoms with E-state index in [-0.39, 0.29) is 12.5 Å². The van der Waals surface area contributed by atoms with Gasteiger partial charge in [0, 0.05) is 28.7 Å². The van der Waals surface area contributed by atoms with Crippen LogP contribution >= 0.6 is 23.2 Å². The third-order valence-corrected chi connectivity index (χ3v) is 5.05. The number of aryl methyl sites for hydroxylation is 1. The normalized spacial score (nSPS) is 17.2. The minimum atomic E-state index is -1.41. The summed E-state index contributed by atoms with van der Waals surface area (Å²) in [5, 5.41) is 3.41. The quantitative estimate of drug-likeness (QED) is 0.798. The van der Waals surface area contributed by atoms with Gasteiger partial charge in [-0.1, -0.05) is 23.2 Å². The number of amides is 1. The lowest BCUT2D eigenvalue weighted by Crippen LogP contribution is -2.48. The maximum absolute atomic E-state index is 15.0. The molecule has 0 atom stereocenters. The lowest BCUT2D eigenvalue weighted by atomic mass is 9.93. The molecule has 1 fully saturated rings. The number of nitrogens with one attached hydrogen (secondary N) is 1. The van der Waals surface area contributed by atoms with Crippen LogP contribution in [-0.4, -0.2) is 36.1 Å². The van der Waals surface area contributed by atoms with E-state index in [2.05, 4.69) is 10.2 Å². The van der Waals surface area contributed by atoms with E-state index in [1.807, 2.05) is 19.1 Å². The van der Waals surface area contributed by atoms with Gasteiger partial charge in [-0.3, -0.25) is 9.69 Å². The Balaban J connectivity index is 1.50. The number of benzene rings is 1. The molecule has 140 valence electrons. The zero-order chi connectivity index (χ0) is 18.7. The number of likely N-dealkylation sites (tertiary alicyclic amines) is 1. The summed E-state index contributed by atoms with van der Waals surface area (Å²) < 4.78 is 20.6. The van der Waals surface area contributed by atoms with E-state index >= 15 is 4.39 Å². The van der Waals surface area contributed by atoms with Gasteiger partial charge >= 0.3 is 0 Å². The summed E-state index contributed by atoms with van der Waals surface area (Å²) in [5.41, 5.74) is -1.08. The summed E-state index contributed by atoms with van der Waals surface area (Å²) >= 11 is 11.8. The highest BCUT2D eigenvalue weighted by molar-refractivity contribution is 6.35. The van der Waals surface area contributed by atoms with Gasteiger partial charge in [-0.25, -0.2) is 4.39 Å². The van der Waals surface area contributed by atoms with Crippen LogP contribution in [0.3, 0.4) is 0 Å². The van der Waals surface area contributed by atoms with Crippen LogP contribution in [-0.2, 0) is 6.54 Å². The van der Waals surface area contributed by atoms with Crippen LogP contribution in [0, 0.1) is 6.92 Å². The molecule has 1 aromatic carbocycles. The first-order chi connectivity index (χ1) is 12.3. The van der Waals surface area contributed by atoms with Crippen molar-refractivity contribution in [3.05, 3.63) is 57.5 Å². The van der Waals surface area contributed by atoms with E-state index < -0.39 is 5.67 Å². The molecule has 1 saturated heterocycles. The van der Waals surface area contributed by atoms with Gasteiger partial charge in [0.1, 0.15) is 17.2 Å². The van der Waals surface area contributed by atoms with Gasteiger partial charge in [0.15, 0.2) is 0 Å². The molecule has 0 aliphatic carbocycles. The fourth-order valence-corrected chi connectivity index (χ4v) is 3.63. The molecule has 1 aromatic heterocycles. The highest BCUT2D eigenvalue weighted by Gasteiger charge is 2.35. The summed E-state index contributed by atoms with van der Waals surface area (Å²) in [6.45, 7) is 3.80. The predicted octanol–water partition coefficient (Wildman–Crippen LogP) is 4.63. The van der Waals surface area contributed by atoms with Crippen LogP contribution in [0.25, 0.3) is 0 Å². The molecule has 0 saturated carbocycles. The van der Waals surface area contributed by atoms with E-state index in [1.54, 1.807) is 6.07 Å². The third kappa shape index (κ3) is 5.00. The van der Waals surface area contributed by atoms with Gasteiger partial charge in [-0.15, -0.1) is 0 Å². The fraction of sp³-hybridized carbons (Fsp3) is 0.421. The summed E-state index contributed by atoms with van der Waals surface area (Å²) in [5.74, 6) is 1.39. The summed E-state index contributed by atoms with van der Waals surface area (Å²) in [6, 6.07) is 8.45. The number of furan rings is 1. The van der Waals surface area contributed by atoms with Crippen LogP contribution in [0.1, 0.15) is 34.7 Å². The Morgan fingerprint density at radius 1 is 1.23 bits per heavy atom. The highest BCUT2D eigenvalue weighted by atomic mass is 35.5. The van der Waals surface area contributed by atoms with Crippen LogP contribution < -0.4 is 5.32 Å². The number of halogens is 3. The van der Waals surface area contributed by atoms with E-state index in [4.69, 9.17) is 27.6 Å². The number of alkyl halides is 1. The SMILES string of the molecule is Cc1ccc(CN2CCC(F)(CNC(=O)c3cc(Cl)cc(Cl)c3)CC2)o1. The monoisotopic (exact) mass is 398 g/mol. The molecular formula is C19H21Cl2FN2O2.